The zero-order valence-corrected chi connectivity index (χ0v) is 15.0. The molecule has 0 fully saturated rings. The first-order valence-corrected chi connectivity index (χ1v) is 9.46. The SMILES string of the molecule is NS(=O)(=O)c1cccc(NC(=O)C=Cc2cc(Cl)c3c(c2)OCCO3)c1. The predicted molar refractivity (Wildman–Crippen MR) is 97.9 cm³/mol. The number of nitrogens with two attached hydrogens (primary N) is 1. The van der Waals surface area contributed by atoms with Gasteiger partial charge in [-0.1, -0.05) is 17.7 Å². The van der Waals surface area contributed by atoms with Crippen LogP contribution in [0.1, 0.15) is 5.56 Å². The van der Waals surface area contributed by atoms with Gasteiger partial charge in [0.05, 0.1) is 9.92 Å². The minimum atomic E-state index is -3.84. The van der Waals surface area contributed by atoms with Gasteiger partial charge >= 0.3 is 0 Å². The summed E-state index contributed by atoms with van der Waals surface area (Å²) < 4.78 is 33.6. The molecule has 26 heavy (non-hydrogen) atoms. The van der Waals surface area contributed by atoms with Crippen molar-refractivity contribution in [2.75, 3.05) is 18.5 Å². The lowest BCUT2D eigenvalue weighted by molar-refractivity contribution is -0.111. The van der Waals surface area contributed by atoms with E-state index < -0.39 is 15.9 Å². The summed E-state index contributed by atoms with van der Waals surface area (Å²) in [4.78, 5) is 12.0. The molecule has 0 bridgehead atoms. The highest BCUT2D eigenvalue weighted by molar-refractivity contribution is 7.89. The third-order valence-electron chi connectivity index (χ3n) is 3.48. The molecule has 0 aromatic heterocycles. The smallest absolute Gasteiger partial charge is 0.248 e. The minimum absolute atomic E-state index is 0.0853. The van der Waals surface area contributed by atoms with Crippen LogP contribution >= 0.6 is 11.6 Å². The Morgan fingerprint density at radius 1 is 1.19 bits per heavy atom. The summed E-state index contributed by atoms with van der Waals surface area (Å²) in [6, 6.07) is 9.04. The first-order valence-electron chi connectivity index (χ1n) is 7.54. The number of amides is 1. The summed E-state index contributed by atoms with van der Waals surface area (Å²) in [6.45, 7) is 0.860. The van der Waals surface area contributed by atoms with Crippen LogP contribution in [0.5, 0.6) is 11.5 Å². The molecule has 1 aliphatic rings. The molecular weight excluding hydrogens is 380 g/mol. The summed E-state index contributed by atoms with van der Waals surface area (Å²) in [5.74, 6) is 0.562. The number of halogens is 1. The number of benzene rings is 2. The van der Waals surface area contributed by atoms with Gasteiger partial charge in [-0.3, -0.25) is 4.79 Å². The number of hydrogen-bond donors (Lipinski definition) is 2. The van der Waals surface area contributed by atoms with Gasteiger partial charge in [0, 0.05) is 11.8 Å². The van der Waals surface area contributed by atoms with Crippen molar-refractivity contribution in [3.05, 3.63) is 53.1 Å². The van der Waals surface area contributed by atoms with Crippen molar-refractivity contribution in [3.8, 4) is 11.5 Å². The van der Waals surface area contributed by atoms with E-state index in [1.165, 1.54) is 24.3 Å². The second-order valence-electron chi connectivity index (χ2n) is 5.42. The van der Waals surface area contributed by atoms with E-state index in [2.05, 4.69) is 5.32 Å². The zero-order valence-electron chi connectivity index (χ0n) is 13.4. The average Bonchev–Trinajstić information content (AvgIpc) is 2.59. The molecule has 0 radical (unpaired) electrons. The molecule has 2 aromatic carbocycles. The van der Waals surface area contributed by atoms with Gasteiger partial charge in [0.1, 0.15) is 13.2 Å². The minimum Gasteiger partial charge on any atom is -0.486 e. The molecule has 0 atom stereocenters. The first-order chi connectivity index (χ1) is 12.3. The van der Waals surface area contributed by atoms with Gasteiger partial charge in [-0.05, 0) is 42.0 Å². The Labute approximate surface area is 155 Å². The van der Waals surface area contributed by atoms with Gasteiger partial charge in [0.2, 0.25) is 15.9 Å². The van der Waals surface area contributed by atoms with Crippen molar-refractivity contribution >= 4 is 39.3 Å². The third kappa shape index (κ3) is 4.34. The molecule has 136 valence electrons. The van der Waals surface area contributed by atoms with Gasteiger partial charge in [-0.25, -0.2) is 13.6 Å². The van der Waals surface area contributed by atoms with Crippen molar-refractivity contribution in [1.82, 2.24) is 0 Å². The number of sulfonamides is 1. The maximum atomic E-state index is 12.1. The number of primary sulfonamides is 1. The Balaban J connectivity index is 1.73. The maximum Gasteiger partial charge on any atom is 0.248 e. The lowest BCUT2D eigenvalue weighted by Gasteiger charge is -2.19. The van der Waals surface area contributed by atoms with Gasteiger partial charge < -0.3 is 14.8 Å². The average molecular weight is 395 g/mol. The Bertz CT molecular complexity index is 989. The van der Waals surface area contributed by atoms with E-state index in [1.54, 1.807) is 24.3 Å². The third-order valence-corrected chi connectivity index (χ3v) is 4.67. The molecule has 0 aliphatic carbocycles. The number of rotatable bonds is 4. The normalized spacial score (nSPS) is 13.6. The summed E-state index contributed by atoms with van der Waals surface area (Å²) in [6.07, 6.45) is 2.86. The fourth-order valence-corrected chi connectivity index (χ4v) is 3.17. The molecule has 0 saturated carbocycles. The van der Waals surface area contributed by atoms with Crippen molar-refractivity contribution in [2.45, 2.75) is 4.90 Å². The number of nitrogens with one attached hydrogen (secondary N) is 1. The highest BCUT2D eigenvalue weighted by atomic mass is 35.5. The second-order valence-corrected chi connectivity index (χ2v) is 7.39. The van der Waals surface area contributed by atoms with E-state index in [-0.39, 0.29) is 4.90 Å². The van der Waals surface area contributed by atoms with Crippen molar-refractivity contribution in [2.24, 2.45) is 5.14 Å². The van der Waals surface area contributed by atoms with Crippen LogP contribution in [0.25, 0.3) is 6.08 Å². The molecule has 3 rings (SSSR count). The van der Waals surface area contributed by atoms with Gasteiger partial charge in [-0.15, -0.1) is 0 Å². The van der Waals surface area contributed by atoms with Crippen LogP contribution in [0.4, 0.5) is 5.69 Å². The Morgan fingerprint density at radius 3 is 2.73 bits per heavy atom. The maximum absolute atomic E-state index is 12.1. The van der Waals surface area contributed by atoms with Crippen molar-refractivity contribution in [1.29, 1.82) is 0 Å². The fraction of sp³-hybridized carbons (Fsp3) is 0.118. The van der Waals surface area contributed by atoms with E-state index in [9.17, 15) is 13.2 Å². The number of fused-ring (bicyclic) bond motifs is 1. The van der Waals surface area contributed by atoms with E-state index in [0.717, 1.165) is 0 Å². The highest BCUT2D eigenvalue weighted by Crippen LogP contribution is 2.38. The van der Waals surface area contributed by atoms with Crippen LogP contribution in [0, 0.1) is 0 Å². The molecular formula is C17H15ClN2O5S. The number of ether oxygens (including phenoxy) is 2. The molecule has 1 heterocycles. The molecule has 1 aliphatic heterocycles. The number of hydrogen-bond acceptors (Lipinski definition) is 5. The first kappa shape index (κ1) is 18.2. The standard InChI is InChI=1S/C17H15ClN2O5S/c18-14-8-11(9-15-17(14)25-7-6-24-15)4-5-16(21)20-12-2-1-3-13(10-12)26(19,22)23/h1-5,8-10H,6-7H2,(H,20,21)(H2,19,22,23). The van der Waals surface area contributed by atoms with Gasteiger partial charge in [-0.2, -0.15) is 0 Å². The van der Waals surface area contributed by atoms with E-state index in [4.69, 9.17) is 26.2 Å². The summed E-state index contributed by atoms with van der Waals surface area (Å²) in [5, 5.41) is 8.03. The number of anilines is 1. The van der Waals surface area contributed by atoms with Crippen LogP contribution in [-0.4, -0.2) is 27.5 Å². The van der Waals surface area contributed by atoms with E-state index in [0.29, 0.717) is 41.0 Å². The van der Waals surface area contributed by atoms with E-state index in [1.807, 2.05) is 0 Å². The molecule has 0 unspecified atom stereocenters. The van der Waals surface area contributed by atoms with E-state index >= 15 is 0 Å². The topological polar surface area (TPSA) is 108 Å². The molecule has 2 aromatic rings. The van der Waals surface area contributed by atoms with Crippen molar-refractivity contribution in [3.63, 3.8) is 0 Å². The molecule has 1 amide bonds. The van der Waals surface area contributed by atoms with Crippen LogP contribution in [0.2, 0.25) is 5.02 Å². The Morgan fingerprint density at radius 2 is 1.96 bits per heavy atom. The van der Waals surface area contributed by atoms with Crippen LogP contribution in [0.15, 0.2) is 47.4 Å². The lowest BCUT2D eigenvalue weighted by atomic mass is 10.1. The van der Waals surface area contributed by atoms with Crippen molar-refractivity contribution < 1.29 is 22.7 Å². The Kier molecular flexibility index (Phi) is 5.17. The second kappa shape index (κ2) is 7.36. The van der Waals surface area contributed by atoms with Gasteiger partial charge in [0.15, 0.2) is 11.5 Å². The quantitative estimate of drug-likeness (QED) is 0.774. The van der Waals surface area contributed by atoms with Gasteiger partial charge in [0.25, 0.3) is 0 Å². The van der Waals surface area contributed by atoms with Crippen LogP contribution in [-0.2, 0) is 14.8 Å². The fourth-order valence-electron chi connectivity index (χ4n) is 2.33. The molecule has 7 nitrogen and oxygen atoms in total. The molecule has 0 saturated heterocycles. The summed E-state index contributed by atoms with van der Waals surface area (Å²) >= 11 is 6.14. The monoisotopic (exact) mass is 394 g/mol. The Hall–Kier alpha value is -2.55. The van der Waals surface area contributed by atoms with Crippen LogP contribution in [0.3, 0.4) is 0 Å². The molecule has 3 N–H and O–H groups in total. The summed E-state index contributed by atoms with van der Waals surface area (Å²) in [5.41, 5.74) is 0.971. The predicted octanol–water partition coefficient (Wildman–Crippen LogP) is 2.41. The zero-order chi connectivity index (χ0) is 18.7. The number of carbonyl (C=O) groups is 1. The lowest BCUT2D eigenvalue weighted by Crippen LogP contribution is -2.15. The van der Waals surface area contributed by atoms with Crippen LogP contribution < -0.4 is 19.9 Å². The highest BCUT2D eigenvalue weighted by Gasteiger charge is 2.16. The number of carbonyl (C=O) groups excluding carboxylic acids is 1. The molecule has 0 spiro atoms. The molecule has 9 heteroatoms. The summed E-state index contributed by atoms with van der Waals surface area (Å²) in [7, 11) is -3.84. The largest absolute Gasteiger partial charge is 0.486 e.